The number of allylic oxidation sites excluding steroid dienone is 4. The van der Waals surface area contributed by atoms with Crippen molar-refractivity contribution in [3.8, 4) is 0 Å². The van der Waals surface area contributed by atoms with Crippen molar-refractivity contribution in [1.29, 1.82) is 0 Å². The Morgan fingerprint density at radius 3 is 2.63 bits per heavy atom. The van der Waals surface area contributed by atoms with Crippen LogP contribution in [0.25, 0.3) is 0 Å². The number of thiol groups is 1. The minimum atomic E-state index is -2.30. The Hall–Kier alpha value is -2.33. The van der Waals surface area contributed by atoms with Crippen molar-refractivity contribution in [3.63, 3.8) is 0 Å². The molecule has 0 aromatic carbocycles. The number of carbonyl (C=O) groups is 3. The minimum Gasteiger partial charge on any atom is -0.443 e. The second kappa shape index (κ2) is 7.59. The van der Waals surface area contributed by atoms with Gasteiger partial charge in [0.1, 0.15) is 6.17 Å². The second-order valence-electron chi connectivity index (χ2n) is 10.8. The summed E-state index contributed by atoms with van der Waals surface area (Å²) in [5.74, 6) is -3.79. The Morgan fingerprint density at radius 2 is 2.00 bits per heavy atom. The second-order valence-corrected chi connectivity index (χ2v) is 11.2. The summed E-state index contributed by atoms with van der Waals surface area (Å²) in [6, 6.07) is 1.29. The summed E-state index contributed by atoms with van der Waals surface area (Å²) >= 11 is 4.10. The van der Waals surface area contributed by atoms with Gasteiger partial charge in [0.25, 0.3) is 0 Å². The number of ether oxygens (including phenoxy) is 1. The molecule has 188 valence electrons. The zero-order valence-electron chi connectivity index (χ0n) is 19.5. The van der Waals surface area contributed by atoms with Crippen LogP contribution in [0.4, 0.5) is 8.78 Å². The Balaban J connectivity index is 1.62. The van der Waals surface area contributed by atoms with Crippen LogP contribution in [0.3, 0.4) is 0 Å². The van der Waals surface area contributed by atoms with E-state index < -0.39 is 69.0 Å². The molecule has 5 rings (SSSR count). The standard InChI is InChI=1S/C25H27F2NO6S/c1-12-8-14-15-10-17(26)16-9-13(29)4-6-22(16,2)24(15,27)19(30)11-23(14,3)25(12,21(32)35)33-20(31)18-5-7-28-34-18/h4-7,9,12,14-15,17,19,30H,8,10-11H2,1-3H3,(H,32,35)/t12-,14+,15+,17+,19-,22+,23+,24+,25+/m1/s1. The van der Waals surface area contributed by atoms with Crippen LogP contribution in [0, 0.1) is 28.6 Å². The van der Waals surface area contributed by atoms with Gasteiger partial charge in [-0.2, -0.15) is 0 Å². The van der Waals surface area contributed by atoms with Crippen molar-refractivity contribution in [2.45, 2.75) is 63.6 Å². The van der Waals surface area contributed by atoms with Crippen LogP contribution in [0.15, 0.2) is 40.6 Å². The molecule has 9 atom stereocenters. The van der Waals surface area contributed by atoms with E-state index in [1.807, 2.05) is 0 Å². The lowest BCUT2D eigenvalue weighted by Gasteiger charge is -2.63. The van der Waals surface area contributed by atoms with Gasteiger partial charge >= 0.3 is 5.97 Å². The quantitative estimate of drug-likeness (QED) is 0.476. The van der Waals surface area contributed by atoms with Crippen molar-refractivity contribution < 1.29 is 37.5 Å². The molecule has 3 saturated carbocycles. The maximum atomic E-state index is 17.3. The zero-order valence-corrected chi connectivity index (χ0v) is 20.4. The summed E-state index contributed by atoms with van der Waals surface area (Å²) < 4.78 is 43.5. The third kappa shape index (κ3) is 2.86. The van der Waals surface area contributed by atoms with E-state index in [2.05, 4.69) is 17.8 Å². The van der Waals surface area contributed by atoms with Crippen LogP contribution in [-0.4, -0.2) is 50.7 Å². The highest BCUT2D eigenvalue weighted by molar-refractivity contribution is 7.96. The van der Waals surface area contributed by atoms with Crippen LogP contribution in [-0.2, 0) is 14.3 Å². The van der Waals surface area contributed by atoms with E-state index in [9.17, 15) is 19.5 Å². The summed E-state index contributed by atoms with van der Waals surface area (Å²) in [5.41, 5.74) is -6.88. The van der Waals surface area contributed by atoms with Gasteiger partial charge in [0.05, 0.1) is 12.3 Å². The Labute approximate surface area is 206 Å². The first-order valence-corrected chi connectivity index (χ1v) is 12.1. The first-order chi connectivity index (χ1) is 16.3. The first kappa shape index (κ1) is 24.4. The van der Waals surface area contributed by atoms with E-state index >= 15 is 8.78 Å². The van der Waals surface area contributed by atoms with E-state index in [1.54, 1.807) is 13.8 Å². The van der Waals surface area contributed by atoms with Crippen LogP contribution >= 0.6 is 12.6 Å². The number of esters is 1. The lowest BCUT2D eigenvalue weighted by molar-refractivity contribution is -0.221. The van der Waals surface area contributed by atoms with Crippen LogP contribution in [0.2, 0.25) is 0 Å². The number of hydrogen-bond acceptors (Lipinski definition) is 7. The normalized spacial score (nSPS) is 46.3. The van der Waals surface area contributed by atoms with Gasteiger partial charge in [-0.05, 0) is 49.8 Å². The molecule has 0 radical (unpaired) electrons. The third-order valence-electron chi connectivity index (χ3n) is 9.38. The van der Waals surface area contributed by atoms with Gasteiger partial charge in [0, 0.05) is 28.7 Å². The molecule has 7 nitrogen and oxygen atoms in total. The van der Waals surface area contributed by atoms with E-state index in [4.69, 9.17) is 9.26 Å². The maximum Gasteiger partial charge on any atom is 0.378 e. The predicted octanol–water partition coefficient (Wildman–Crippen LogP) is 3.59. The lowest BCUT2D eigenvalue weighted by Crippen LogP contribution is -2.70. The highest BCUT2D eigenvalue weighted by Crippen LogP contribution is 2.71. The molecule has 4 aliphatic rings. The van der Waals surface area contributed by atoms with E-state index in [0.29, 0.717) is 0 Å². The van der Waals surface area contributed by atoms with Crippen LogP contribution in [0.1, 0.15) is 50.6 Å². The smallest absolute Gasteiger partial charge is 0.378 e. The molecule has 1 aromatic rings. The topological polar surface area (TPSA) is 107 Å². The van der Waals surface area contributed by atoms with Gasteiger partial charge < -0.3 is 14.4 Å². The summed E-state index contributed by atoms with van der Waals surface area (Å²) in [6.07, 6.45) is 1.46. The molecule has 0 saturated heterocycles. The molecule has 0 spiro atoms. The monoisotopic (exact) mass is 507 g/mol. The molecule has 3 fully saturated rings. The van der Waals surface area contributed by atoms with Gasteiger partial charge in [0.2, 0.25) is 10.9 Å². The average Bonchev–Trinajstić information content (AvgIpc) is 3.39. The van der Waals surface area contributed by atoms with Crippen molar-refractivity contribution in [2.75, 3.05) is 0 Å². The van der Waals surface area contributed by atoms with Gasteiger partial charge in [-0.15, -0.1) is 12.6 Å². The number of aliphatic hydroxyl groups excluding tert-OH is 1. The number of aromatic nitrogens is 1. The number of aliphatic hydroxyl groups is 1. The van der Waals surface area contributed by atoms with Gasteiger partial charge in [-0.1, -0.05) is 25.1 Å². The molecular weight excluding hydrogens is 480 g/mol. The van der Waals surface area contributed by atoms with Crippen molar-refractivity contribution in [3.05, 3.63) is 41.8 Å². The number of halogens is 2. The van der Waals surface area contributed by atoms with Crippen molar-refractivity contribution in [2.24, 2.45) is 28.6 Å². The summed E-state index contributed by atoms with van der Waals surface area (Å²) in [4.78, 5) is 38.0. The molecule has 1 aromatic heterocycles. The zero-order chi connectivity index (χ0) is 25.6. The van der Waals surface area contributed by atoms with Gasteiger partial charge in [0.15, 0.2) is 17.1 Å². The molecule has 10 heteroatoms. The lowest BCUT2D eigenvalue weighted by atomic mass is 9.44. The van der Waals surface area contributed by atoms with Crippen molar-refractivity contribution in [1.82, 2.24) is 5.16 Å². The Morgan fingerprint density at radius 1 is 1.29 bits per heavy atom. The molecule has 0 unspecified atom stereocenters. The SMILES string of the molecule is C[C@@H]1C[C@H]2[C@@H]3C[C@H](F)C4=CC(=O)C=C[C@]4(C)[C@@]3(F)[C@H](O)C[C@]2(C)[C@@]1(OC(=O)c1ccno1)C(=O)S. The third-order valence-corrected chi connectivity index (χ3v) is 9.71. The van der Waals surface area contributed by atoms with Gasteiger partial charge in [-0.25, -0.2) is 13.6 Å². The summed E-state index contributed by atoms with van der Waals surface area (Å²) in [5, 5.41) is 14.2. The fourth-order valence-electron chi connectivity index (χ4n) is 7.76. The van der Waals surface area contributed by atoms with Crippen LogP contribution < -0.4 is 0 Å². The predicted molar refractivity (Wildman–Crippen MR) is 122 cm³/mol. The number of alkyl halides is 2. The largest absolute Gasteiger partial charge is 0.443 e. The molecule has 4 aliphatic carbocycles. The number of fused-ring (bicyclic) bond motifs is 5. The molecule has 0 aliphatic heterocycles. The van der Waals surface area contributed by atoms with E-state index in [-0.39, 0.29) is 30.6 Å². The molecule has 1 heterocycles. The Bertz CT molecular complexity index is 1170. The first-order valence-electron chi connectivity index (χ1n) is 11.7. The molecule has 0 amide bonds. The molecule has 0 bridgehead atoms. The number of rotatable bonds is 3. The molecular formula is C25H27F2NO6S. The number of carbonyl (C=O) groups excluding carboxylic acids is 3. The minimum absolute atomic E-state index is 0.0192. The number of nitrogens with zero attached hydrogens (tertiary/aromatic N) is 1. The van der Waals surface area contributed by atoms with Crippen LogP contribution in [0.5, 0.6) is 0 Å². The highest BCUT2D eigenvalue weighted by Gasteiger charge is 2.78. The fourth-order valence-corrected chi connectivity index (χ4v) is 8.28. The average molecular weight is 508 g/mol. The maximum absolute atomic E-state index is 17.3. The number of hydrogen-bond donors (Lipinski definition) is 2. The molecule has 1 N–H and O–H groups in total. The molecule has 35 heavy (non-hydrogen) atoms. The highest BCUT2D eigenvalue weighted by atomic mass is 32.1. The number of ketones is 1. The van der Waals surface area contributed by atoms with Gasteiger partial charge in [-0.3, -0.25) is 9.59 Å². The van der Waals surface area contributed by atoms with E-state index in [1.165, 1.54) is 31.3 Å². The summed E-state index contributed by atoms with van der Waals surface area (Å²) in [6.45, 7) is 4.89. The van der Waals surface area contributed by atoms with Crippen molar-refractivity contribution >= 4 is 29.5 Å². The Kier molecular flexibility index (Phi) is 5.28. The fraction of sp³-hybridized carbons (Fsp3) is 0.600. The van der Waals surface area contributed by atoms with E-state index in [0.717, 1.165) is 6.08 Å². The summed E-state index contributed by atoms with van der Waals surface area (Å²) in [7, 11) is 0.